The number of imidazole rings is 1. The summed E-state index contributed by atoms with van der Waals surface area (Å²) in [5.74, 6) is -0.117. The lowest BCUT2D eigenvalue weighted by Gasteiger charge is -2.13. The Labute approximate surface area is 101 Å². The van der Waals surface area contributed by atoms with Crippen LogP contribution in [0.3, 0.4) is 0 Å². The first-order valence-corrected chi connectivity index (χ1v) is 6.14. The quantitative estimate of drug-likeness (QED) is 0.863. The van der Waals surface area contributed by atoms with E-state index in [0.717, 1.165) is 18.2 Å². The van der Waals surface area contributed by atoms with Gasteiger partial charge in [-0.25, -0.2) is 4.98 Å². The van der Waals surface area contributed by atoms with Crippen LogP contribution in [0.25, 0.3) is 0 Å². The molecule has 1 amide bonds. The third-order valence-electron chi connectivity index (χ3n) is 2.65. The molecule has 4 nitrogen and oxygen atoms in total. The average Bonchev–Trinajstić information content (AvgIpc) is 2.90. The number of aromatic nitrogens is 2. The van der Waals surface area contributed by atoms with Gasteiger partial charge in [0.15, 0.2) is 0 Å². The van der Waals surface area contributed by atoms with Crippen LogP contribution in [0.5, 0.6) is 0 Å². The first-order chi connectivity index (χ1) is 7.08. The monoisotopic (exact) mass is 291 g/mol. The van der Waals surface area contributed by atoms with E-state index in [9.17, 15) is 4.79 Å². The summed E-state index contributed by atoms with van der Waals surface area (Å²) < 4.78 is 1.57. The van der Waals surface area contributed by atoms with Gasteiger partial charge in [0.1, 0.15) is 5.69 Å². The highest BCUT2D eigenvalue weighted by atomic mass is 79.9. The molecule has 0 radical (unpaired) electrons. The molecule has 1 aliphatic carbocycles. The molecule has 0 spiro atoms. The average molecular weight is 293 g/mol. The van der Waals surface area contributed by atoms with Gasteiger partial charge in [0.2, 0.25) is 5.28 Å². The van der Waals surface area contributed by atoms with Gasteiger partial charge < -0.3 is 9.88 Å². The molecule has 0 unspecified atom stereocenters. The van der Waals surface area contributed by atoms with Crippen molar-refractivity contribution in [3.05, 3.63) is 17.2 Å². The summed E-state index contributed by atoms with van der Waals surface area (Å²) in [6, 6.07) is 0. The number of rotatable bonds is 3. The van der Waals surface area contributed by atoms with Crippen molar-refractivity contribution < 1.29 is 4.79 Å². The molecule has 1 fully saturated rings. The lowest BCUT2D eigenvalue weighted by Crippen LogP contribution is -2.38. The molecule has 0 atom stereocenters. The minimum atomic E-state index is -0.117. The SMILES string of the molecule is Cn1c(C(=O)NC2(CBr)CC2)cnc1Cl. The van der Waals surface area contributed by atoms with Crippen molar-refractivity contribution in [2.75, 3.05) is 5.33 Å². The molecule has 0 aliphatic heterocycles. The van der Waals surface area contributed by atoms with Gasteiger partial charge in [-0.15, -0.1) is 0 Å². The molecule has 82 valence electrons. The molecule has 0 aromatic carbocycles. The number of hydrogen-bond acceptors (Lipinski definition) is 2. The molecule has 15 heavy (non-hydrogen) atoms. The Hall–Kier alpha value is -0.550. The van der Waals surface area contributed by atoms with E-state index >= 15 is 0 Å². The largest absolute Gasteiger partial charge is 0.344 e. The van der Waals surface area contributed by atoms with Crippen LogP contribution in [0, 0.1) is 0 Å². The van der Waals surface area contributed by atoms with Gasteiger partial charge in [0, 0.05) is 12.4 Å². The Balaban J connectivity index is 2.12. The van der Waals surface area contributed by atoms with Crippen molar-refractivity contribution in [1.29, 1.82) is 0 Å². The molecule has 1 saturated carbocycles. The zero-order valence-corrected chi connectivity index (χ0v) is 10.6. The molecule has 0 bridgehead atoms. The fourth-order valence-electron chi connectivity index (χ4n) is 1.35. The molecular formula is C9H11BrClN3O. The number of nitrogens with zero attached hydrogens (tertiary/aromatic N) is 2. The lowest BCUT2D eigenvalue weighted by molar-refractivity contribution is 0.0928. The number of hydrogen-bond donors (Lipinski definition) is 1. The molecule has 6 heteroatoms. The number of amides is 1. The fourth-order valence-corrected chi connectivity index (χ4v) is 2.19. The summed E-state index contributed by atoms with van der Waals surface area (Å²) in [4.78, 5) is 15.7. The minimum Gasteiger partial charge on any atom is -0.344 e. The van der Waals surface area contributed by atoms with Gasteiger partial charge in [-0.3, -0.25) is 4.79 Å². The van der Waals surface area contributed by atoms with E-state index in [1.165, 1.54) is 6.20 Å². The number of carbonyl (C=O) groups is 1. The maximum Gasteiger partial charge on any atom is 0.270 e. The van der Waals surface area contributed by atoms with Crippen molar-refractivity contribution in [2.45, 2.75) is 18.4 Å². The normalized spacial score (nSPS) is 17.5. The fraction of sp³-hybridized carbons (Fsp3) is 0.556. The van der Waals surface area contributed by atoms with Crippen LogP contribution >= 0.6 is 27.5 Å². The van der Waals surface area contributed by atoms with Crippen LogP contribution in [-0.4, -0.2) is 26.3 Å². The lowest BCUT2D eigenvalue weighted by atomic mass is 10.3. The van der Waals surface area contributed by atoms with Gasteiger partial charge in [0.25, 0.3) is 5.91 Å². The summed E-state index contributed by atoms with van der Waals surface area (Å²) in [7, 11) is 1.72. The Morgan fingerprint density at radius 2 is 2.47 bits per heavy atom. The number of halogens is 2. The van der Waals surface area contributed by atoms with E-state index in [0.29, 0.717) is 11.0 Å². The second-order valence-electron chi connectivity index (χ2n) is 3.84. The summed E-state index contributed by atoms with van der Waals surface area (Å²) in [5.41, 5.74) is 0.445. The second kappa shape index (κ2) is 3.79. The molecular weight excluding hydrogens is 281 g/mol. The van der Waals surface area contributed by atoms with Gasteiger partial charge in [-0.1, -0.05) is 15.9 Å². The van der Waals surface area contributed by atoms with E-state index in [1.54, 1.807) is 11.6 Å². The second-order valence-corrected chi connectivity index (χ2v) is 4.74. The zero-order chi connectivity index (χ0) is 11.1. The highest BCUT2D eigenvalue weighted by Crippen LogP contribution is 2.37. The van der Waals surface area contributed by atoms with Crippen LogP contribution in [0.1, 0.15) is 23.3 Å². The van der Waals surface area contributed by atoms with Crippen LogP contribution < -0.4 is 5.32 Å². The predicted molar refractivity (Wildman–Crippen MR) is 61.4 cm³/mol. The molecule has 1 aromatic rings. The number of nitrogens with one attached hydrogen (secondary N) is 1. The van der Waals surface area contributed by atoms with Crippen molar-refractivity contribution in [1.82, 2.24) is 14.9 Å². The Kier molecular flexibility index (Phi) is 2.77. The van der Waals surface area contributed by atoms with Gasteiger partial charge in [0.05, 0.1) is 11.7 Å². The summed E-state index contributed by atoms with van der Waals surface area (Å²) >= 11 is 9.15. The van der Waals surface area contributed by atoms with Gasteiger partial charge >= 0.3 is 0 Å². The Morgan fingerprint density at radius 3 is 2.87 bits per heavy atom. The highest BCUT2D eigenvalue weighted by molar-refractivity contribution is 9.09. The van der Waals surface area contributed by atoms with Crippen LogP contribution in [-0.2, 0) is 7.05 Å². The first-order valence-electron chi connectivity index (χ1n) is 4.64. The van der Waals surface area contributed by atoms with E-state index in [1.807, 2.05) is 0 Å². The summed E-state index contributed by atoms with van der Waals surface area (Å²) in [5, 5.41) is 4.09. The molecule has 2 rings (SSSR count). The first kappa shape index (κ1) is 11.0. The van der Waals surface area contributed by atoms with E-state index in [-0.39, 0.29) is 11.4 Å². The standard InChI is InChI=1S/C9H11BrClN3O/c1-14-6(4-12-8(14)11)7(15)13-9(5-10)2-3-9/h4H,2-3,5H2,1H3,(H,13,15). The molecule has 0 saturated heterocycles. The van der Waals surface area contributed by atoms with Crippen molar-refractivity contribution in [2.24, 2.45) is 7.05 Å². The van der Waals surface area contributed by atoms with Crippen molar-refractivity contribution in [3.8, 4) is 0 Å². The topological polar surface area (TPSA) is 46.9 Å². The van der Waals surface area contributed by atoms with E-state index in [4.69, 9.17) is 11.6 Å². The van der Waals surface area contributed by atoms with Crippen molar-refractivity contribution >= 4 is 33.4 Å². The highest BCUT2D eigenvalue weighted by Gasteiger charge is 2.43. The van der Waals surface area contributed by atoms with E-state index in [2.05, 4.69) is 26.2 Å². The third-order valence-corrected chi connectivity index (χ3v) is 4.08. The summed E-state index contributed by atoms with van der Waals surface area (Å²) in [6.07, 6.45) is 3.53. The van der Waals surface area contributed by atoms with Crippen LogP contribution in [0.2, 0.25) is 5.28 Å². The van der Waals surface area contributed by atoms with Crippen LogP contribution in [0.15, 0.2) is 6.20 Å². The third kappa shape index (κ3) is 2.03. The minimum absolute atomic E-state index is 0.0478. The number of alkyl halides is 1. The molecule has 1 aliphatic rings. The van der Waals surface area contributed by atoms with Gasteiger partial charge in [-0.05, 0) is 24.4 Å². The summed E-state index contributed by atoms with van der Waals surface area (Å²) in [6.45, 7) is 0. The molecule has 1 heterocycles. The molecule has 1 N–H and O–H groups in total. The smallest absolute Gasteiger partial charge is 0.270 e. The maximum absolute atomic E-state index is 11.8. The van der Waals surface area contributed by atoms with Crippen molar-refractivity contribution in [3.63, 3.8) is 0 Å². The maximum atomic E-state index is 11.8. The Bertz CT molecular complexity index is 400. The van der Waals surface area contributed by atoms with Gasteiger partial charge in [-0.2, -0.15) is 0 Å². The molecule has 1 aromatic heterocycles. The van der Waals surface area contributed by atoms with E-state index < -0.39 is 0 Å². The number of carbonyl (C=O) groups excluding carboxylic acids is 1. The predicted octanol–water partition coefficient (Wildman–Crippen LogP) is 1.73. The zero-order valence-electron chi connectivity index (χ0n) is 8.26. The Morgan fingerprint density at radius 1 is 1.80 bits per heavy atom. The van der Waals surface area contributed by atoms with Crippen LogP contribution in [0.4, 0.5) is 0 Å².